The third-order valence-corrected chi connectivity index (χ3v) is 9.51. The maximum Gasteiger partial charge on any atom is 0.160 e. The van der Waals surface area contributed by atoms with Gasteiger partial charge < -0.3 is 4.42 Å². The Kier molecular flexibility index (Phi) is 5.68. The number of aromatic nitrogens is 2. The molecule has 0 unspecified atom stereocenters. The van der Waals surface area contributed by atoms with Crippen LogP contribution in [0.15, 0.2) is 150 Å². The van der Waals surface area contributed by atoms with E-state index in [9.17, 15) is 0 Å². The topological polar surface area (TPSA) is 38.9 Å². The van der Waals surface area contributed by atoms with Crippen LogP contribution < -0.4 is 0 Å². The number of hydrogen-bond acceptors (Lipinski definition) is 4. The Morgan fingerprint density at radius 2 is 1.11 bits per heavy atom. The largest absolute Gasteiger partial charge is 0.456 e. The summed E-state index contributed by atoms with van der Waals surface area (Å²) in [6.45, 7) is 0. The maximum absolute atomic E-state index is 6.07. The molecule has 44 heavy (non-hydrogen) atoms. The quantitative estimate of drug-likeness (QED) is 0.208. The number of fused-ring (bicyclic) bond motifs is 6. The van der Waals surface area contributed by atoms with Crippen LogP contribution in [-0.4, -0.2) is 9.97 Å². The second-order valence-corrected chi connectivity index (χ2v) is 12.1. The van der Waals surface area contributed by atoms with Crippen LogP contribution in [0.4, 0.5) is 0 Å². The first kappa shape index (κ1) is 25.0. The van der Waals surface area contributed by atoms with Gasteiger partial charge in [0.1, 0.15) is 11.2 Å². The van der Waals surface area contributed by atoms with E-state index >= 15 is 0 Å². The van der Waals surface area contributed by atoms with E-state index < -0.39 is 0 Å². The highest BCUT2D eigenvalue weighted by molar-refractivity contribution is 7.26. The Morgan fingerprint density at radius 1 is 0.432 bits per heavy atom. The number of furan rings is 1. The summed E-state index contributed by atoms with van der Waals surface area (Å²) in [5, 5.41) is 4.79. The highest BCUT2D eigenvalue weighted by Crippen LogP contribution is 2.42. The van der Waals surface area contributed by atoms with Gasteiger partial charge in [-0.2, -0.15) is 0 Å². The predicted octanol–water partition coefficient (Wildman–Crippen LogP) is 11.4. The molecule has 0 N–H and O–H groups in total. The normalized spacial score (nSPS) is 11.6. The first-order chi connectivity index (χ1) is 21.8. The zero-order valence-corrected chi connectivity index (χ0v) is 24.4. The second-order valence-electron chi connectivity index (χ2n) is 11.0. The van der Waals surface area contributed by atoms with Gasteiger partial charge in [-0.15, -0.1) is 11.3 Å². The van der Waals surface area contributed by atoms with E-state index in [1.165, 1.54) is 31.3 Å². The lowest BCUT2D eigenvalue weighted by molar-refractivity contribution is 0.669. The van der Waals surface area contributed by atoms with Gasteiger partial charge in [0.2, 0.25) is 0 Å². The molecule has 0 aliphatic heterocycles. The smallest absolute Gasteiger partial charge is 0.160 e. The third kappa shape index (κ3) is 4.11. The van der Waals surface area contributed by atoms with Crippen molar-refractivity contribution in [2.24, 2.45) is 0 Å². The van der Waals surface area contributed by atoms with Crippen LogP contribution in [0.3, 0.4) is 0 Å². The Morgan fingerprint density at radius 3 is 1.98 bits per heavy atom. The summed E-state index contributed by atoms with van der Waals surface area (Å²) >= 11 is 1.82. The molecule has 0 saturated heterocycles. The van der Waals surface area contributed by atoms with Crippen molar-refractivity contribution in [1.29, 1.82) is 0 Å². The fourth-order valence-corrected chi connectivity index (χ4v) is 7.41. The van der Waals surface area contributed by atoms with Gasteiger partial charge in [0, 0.05) is 47.6 Å². The zero-order chi connectivity index (χ0) is 29.0. The molecule has 206 valence electrons. The van der Waals surface area contributed by atoms with Crippen LogP contribution in [0.5, 0.6) is 0 Å². The van der Waals surface area contributed by atoms with Crippen molar-refractivity contribution >= 4 is 53.4 Å². The predicted molar refractivity (Wildman–Crippen MR) is 184 cm³/mol. The van der Waals surface area contributed by atoms with E-state index in [1.807, 2.05) is 47.7 Å². The lowest BCUT2D eigenvalue weighted by Crippen LogP contribution is -1.95. The highest BCUT2D eigenvalue weighted by Gasteiger charge is 2.16. The maximum atomic E-state index is 6.07. The fraction of sp³-hybridized carbons (Fsp3) is 0. The minimum absolute atomic E-state index is 0.726. The molecule has 0 aliphatic rings. The van der Waals surface area contributed by atoms with Gasteiger partial charge in [0.15, 0.2) is 5.82 Å². The Bertz CT molecular complexity index is 2440. The molecule has 3 nitrogen and oxygen atoms in total. The number of para-hydroxylation sites is 1. The van der Waals surface area contributed by atoms with Crippen molar-refractivity contribution < 1.29 is 4.42 Å². The summed E-state index contributed by atoms with van der Waals surface area (Å²) in [7, 11) is 0. The van der Waals surface area contributed by atoms with Gasteiger partial charge in [-0.3, -0.25) is 0 Å². The van der Waals surface area contributed by atoms with Crippen LogP contribution in [-0.2, 0) is 0 Å². The molecule has 0 spiro atoms. The van der Waals surface area contributed by atoms with E-state index in [4.69, 9.17) is 14.4 Å². The van der Waals surface area contributed by atoms with Gasteiger partial charge in [0.05, 0.1) is 11.4 Å². The van der Waals surface area contributed by atoms with Crippen LogP contribution >= 0.6 is 11.3 Å². The van der Waals surface area contributed by atoms with Gasteiger partial charge in [-0.25, -0.2) is 9.97 Å². The fourth-order valence-electron chi connectivity index (χ4n) is 6.14. The summed E-state index contributed by atoms with van der Waals surface area (Å²) in [4.78, 5) is 10.1. The molecule has 0 fully saturated rings. The number of nitrogens with zero attached hydrogens (tertiary/aromatic N) is 2. The molecule has 3 aromatic heterocycles. The second kappa shape index (κ2) is 10.0. The lowest BCUT2D eigenvalue weighted by Gasteiger charge is -2.10. The molecule has 3 heterocycles. The van der Waals surface area contributed by atoms with Crippen molar-refractivity contribution in [3.63, 3.8) is 0 Å². The van der Waals surface area contributed by atoms with Crippen molar-refractivity contribution in [3.8, 4) is 45.0 Å². The van der Waals surface area contributed by atoms with Gasteiger partial charge >= 0.3 is 0 Å². The Balaban J connectivity index is 1.21. The molecule has 0 bridgehead atoms. The van der Waals surface area contributed by atoms with Crippen LogP contribution in [0.25, 0.3) is 87.1 Å². The zero-order valence-electron chi connectivity index (χ0n) is 23.6. The molecule has 9 rings (SSSR count). The van der Waals surface area contributed by atoms with Crippen LogP contribution in [0, 0.1) is 0 Å². The Labute approximate surface area is 257 Å². The molecule has 0 radical (unpaired) electrons. The van der Waals surface area contributed by atoms with Crippen molar-refractivity contribution in [1.82, 2.24) is 9.97 Å². The van der Waals surface area contributed by atoms with Gasteiger partial charge in [-0.1, -0.05) is 115 Å². The average molecular weight is 581 g/mol. The molecular weight excluding hydrogens is 557 g/mol. The van der Waals surface area contributed by atoms with E-state index in [-0.39, 0.29) is 0 Å². The summed E-state index contributed by atoms with van der Waals surface area (Å²) < 4.78 is 8.56. The molecule has 0 saturated carbocycles. The number of rotatable bonds is 4. The monoisotopic (exact) mass is 580 g/mol. The number of hydrogen-bond donors (Lipinski definition) is 0. The molecule has 9 aromatic rings. The Hall–Kier alpha value is -5.58. The molecule has 0 atom stereocenters. The van der Waals surface area contributed by atoms with Crippen molar-refractivity contribution in [3.05, 3.63) is 146 Å². The molecule has 4 heteroatoms. The third-order valence-electron chi connectivity index (χ3n) is 8.31. The first-order valence-electron chi connectivity index (χ1n) is 14.7. The van der Waals surface area contributed by atoms with Crippen LogP contribution in [0.1, 0.15) is 0 Å². The van der Waals surface area contributed by atoms with E-state index in [2.05, 4.69) is 109 Å². The van der Waals surface area contributed by atoms with Gasteiger partial charge in [-0.05, 0) is 41.5 Å². The molecule has 0 amide bonds. The van der Waals surface area contributed by atoms with E-state index in [0.717, 1.165) is 55.8 Å². The summed E-state index contributed by atoms with van der Waals surface area (Å²) in [5.74, 6) is 0.726. The minimum atomic E-state index is 0.726. The lowest BCUT2D eigenvalue weighted by atomic mass is 10.0. The van der Waals surface area contributed by atoms with Crippen molar-refractivity contribution in [2.45, 2.75) is 0 Å². The summed E-state index contributed by atoms with van der Waals surface area (Å²) in [6.07, 6.45) is 0. The SMILES string of the molecule is c1ccc(-c2cc(-c3cccc4c3sc3cc(-c5ccc6oc7ccccc7c6c5)ccc34)nc(-c3ccccc3)n2)cc1. The number of benzene rings is 6. The molecule has 0 aliphatic carbocycles. The summed E-state index contributed by atoms with van der Waals surface area (Å²) in [5.41, 5.74) is 9.24. The van der Waals surface area contributed by atoms with Gasteiger partial charge in [0.25, 0.3) is 0 Å². The van der Waals surface area contributed by atoms with Crippen LogP contribution in [0.2, 0.25) is 0 Å². The van der Waals surface area contributed by atoms with Crippen molar-refractivity contribution in [2.75, 3.05) is 0 Å². The summed E-state index contributed by atoms with van der Waals surface area (Å²) in [6, 6.07) is 50.8. The number of thiophene rings is 1. The van der Waals surface area contributed by atoms with E-state index in [1.54, 1.807) is 0 Å². The average Bonchev–Trinajstić information content (AvgIpc) is 3.66. The first-order valence-corrected chi connectivity index (χ1v) is 15.5. The molecular formula is C40H24N2OS. The van der Waals surface area contributed by atoms with E-state index in [0.29, 0.717) is 0 Å². The highest BCUT2D eigenvalue weighted by atomic mass is 32.1. The minimum Gasteiger partial charge on any atom is -0.456 e. The molecule has 6 aromatic carbocycles. The standard InChI is InChI=1S/C40H24N2OS/c1-3-10-25(11-4-1)34-24-35(42-40(41-34)26-12-5-2-6-13-26)32-16-9-15-31-30-20-18-28(23-38(30)44-39(31)32)27-19-21-37-33(22-27)29-14-7-8-17-36(29)43-37/h1-24H.